The molecule has 100 valence electrons. The van der Waals surface area contributed by atoms with Crippen LogP contribution in [0.25, 0.3) is 0 Å². The van der Waals surface area contributed by atoms with Crippen molar-refractivity contribution < 1.29 is 14.4 Å². The van der Waals surface area contributed by atoms with Gasteiger partial charge in [0, 0.05) is 12.8 Å². The van der Waals surface area contributed by atoms with Crippen LogP contribution in [0.15, 0.2) is 35.5 Å². The zero-order valence-corrected chi connectivity index (χ0v) is 11.2. The summed E-state index contributed by atoms with van der Waals surface area (Å²) in [4.78, 5) is 28.8. The Morgan fingerprint density at radius 1 is 1.11 bits per heavy atom. The van der Waals surface area contributed by atoms with Crippen molar-refractivity contribution in [3.63, 3.8) is 0 Å². The van der Waals surface area contributed by atoms with Gasteiger partial charge in [-0.05, 0) is 11.0 Å². The van der Waals surface area contributed by atoms with Crippen LogP contribution in [0.3, 0.4) is 0 Å². The third-order valence-corrected chi connectivity index (χ3v) is 3.04. The minimum atomic E-state index is -0.271. The van der Waals surface area contributed by atoms with E-state index in [9.17, 15) is 9.59 Å². The highest BCUT2D eigenvalue weighted by Gasteiger charge is 2.37. The number of nitrogens with zero attached hydrogens (tertiary/aromatic N) is 1. The maximum atomic E-state index is 11.8. The Hall–Kier alpha value is -1.97. The van der Waals surface area contributed by atoms with Gasteiger partial charge in [-0.1, -0.05) is 49.3 Å². The normalized spacial score (nSPS) is 18.3. The molecular formula is C15H17NO3. The van der Waals surface area contributed by atoms with Crippen LogP contribution < -0.4 is 0 Å². The Balaban J connectivity index is 2.00. The minimum absolute atomic E-state index is 0.0461. The molecule has 0 aromatic heterocycles. The SMILES string of the molecule is CC1(C)CC(=O)C(=NOCc2ccccc2)C(=O)C1. The quantitative estimate of drug-likeness (QED) is 0.784. The molecule has 0 atom stereocenters. The molecule has 0 amide bonds. The predicted octanol–water partition coefficient (Wildman–Crippen LogP) is 2.52. The Morgan fingerprint density at radius 3 is 2.26 bits per heavy atom. The van der Waals surface area contributed by atoms with E-state index < -0.39 is 0 Å². The van der Waals surface area contributed by atoms with Crippen LogP contribution in [0.5, 0.6) is 0 Å². The van der Waals surface area contributed by atoms with Crippen molar-refractivity contribution in [1.29, 1.82) is 0 Å². The Labute approximate surface area is 112 Å². The molecule has 4 nitrogen and oxygen atoms in total. The topological polar surface area (TPSA) is 55.7 Å². The highest BCUT2D eigenvalue weighted by molar-refractivity contribution is 6.67. The van der Waals surface area contributed by atoms with Gasteiger partial charge in [0.1, 0.15) is 6.61 Å². The van der Waals surface area contributed by atoms with Gasteiger partial charge in [0.2, 0.25) is 0 Å². The van der Waals surface area contributed by atoms with E-state index in [0.717, 1.165) is 5.56 Å². The molecular weight excluding hydrogens is 242 g/mol. The second kappa shape index (κ2) is 5.34. The first-order valence-electron chi connectivity index (χ1n) is 6.28. The van der Waals surface area contributed by atoms with Gasteiger partial charge in [-0.2, -0.15) is 0 Å². The molecule has 0 unspecified atom stereocenters. The number of ketones is 2. The molecule has 1 aromatic carbocycles. The minimum Gasteiger partial charge on any atom is -0.390 e. The number of rotatable bonds is 3. The zero-order chi connectivity index (χ0) is 13.9. The molecule has 19 heavy (non-hydrogen) atoms. The number of hydrogen-bond donors (Lipinski definition) is 0. The predicted molar refractivity (Wildman–Crippen MR) is 71.7 cm³/mol. The van der Waals surface area contributed by atoms with Crippen molar-refractivity contribution in [2.24, 2.45) is 10.6 Å². The number of oxime groups is 1. The summed E-state index contributed by atoms with van der Waals surface area (Å²) in [6.45, 7) is 4.07. The average Bonchev–Trinajstić information content (AvgIpc) is 2.32. The van der Waals surface area contributed by atoms with Crippen LogP contribution >= 0.6 is 0 Å². The summed E-state index contributed by atoms with van der Waals surface area (Å²) in [7, 11) is 0. The third-order valence-electron chi connectivity index (χ3n) is 3.04. The van der Waals surface area contributed by atoms with Gasteiger partial charge in [0.25, 0.3) is 0 Å². The van der Waals surface area contributed by atoms with Crippen molar-refractivity contribution in [3.8, 4) is 0 Å². The number of carbonyl (C=O) groups is 2. The molecule has 1 aromatic rings. The lowest BCUT2D eigenvalue weighted by molar-refractivity contribution is -0.122. The van der Waals surface area contributed by atoms with E-state index in [2.05, 4.69) is 5.16 Å². The smallest absolute Gasteiger partial charge is 0.188 e. The number of carbonyl (C=O) groups excluding carboxylic acids is 2. The van der Waals surface area contributed by atoms with Gasteiger partial charge in [-0.3, -0.25) is 9.59 Å². The van der Waals surface area contributed by atoms with Crippen molar-refractivity contribution in [1.82, 2.24) is 0 Å². The lowest BCUT2D eigenvalue weighted by Crippen LogP contribution is -2.38. The third kappa shape index (κ3) is 3.50. The van der Waals surface area contributed by atoms with Crippen molar-refractivity contribution in [2.75, 3.05) is 0 Å². The van der Waals surface area contributed by atoms with E-state index in [4.69, 9.17) is 4.84 Å². The van der Waals surface area contributed by atoms with Crippen LogP contribution in [-0.4, -0.2) is 17.3 Å². The summed E-state index contributed by atoms with van der Waals surface area (Å²) in [5.74, 6) is -0.455. The summed E-state index contributed by atoms with van der Waals surface area (Å²) in [5.41, 5.74) is 0.630. The largest absolute Gasteiger partial charge is 0.390 e. The molecule has 0 aliphatic heterocycles. The van der Waals surface area contributed by atoms with Gasteiger partial charge < -0.3 is 4.84 Å². The van der Waals surface area contributed by atoms with Crippen molar-refractivity contribution >= 4 is 17.3 Å². The van der Waals surface area contributed by atoms with E-state index in [1.807, 2.05) is 44.2 Å². The van der Waals surface area contributed by atoms with Gasteiger partial charge in [0.05, 0.1) is 0 Å². The van der Waals surface area contributed by atoms with Crippen LogP contribution in [-0.2, 0) is 21.0 Å². The van der Waals surface area contributed by atoms with Crippen LogP contribution in [0.2, 0.25) is 0 Å². The summed E-state index contributed by atoms with van der Waals surface area (Å²) >= 11 is 0. The molecule has 0 heterocycles. The average molecular weight is 259 g/mol. The molecule has 0 bridgehead atoms. The molecule has 1 aliphatic rings. The fraction of sp³-hybridized carbons (Fsp3) is 0.400. The first kappa shape index (κ1) is 13.5. The monoisotopic (exact) mass is 259 g/mol. The van der Waals surface area contributed by atoms with E-state index >= 15 is 0 Å². The van der Waals surface area contributed by atoms with Crippen molar-refractivity contribution in [3.05, 3.63) is 35.9 Å². The summed E-state index contributed by atoms with van der Waals surface area (Å²) in [6, 6.07) is 9.49. The standard InChI is InChI=1S/C15H17NO3/c1-15(2)8-12(17)14(13(18)9-15)16-19-10-11-6-4-3-5-7-11/h3-7H,8-10H2,1-2H3. The fourth-order valence-electron chi connectivity index (χ4n) is 2.10. The maximum Gasteiger partial charge on any atom is 0.188 e. The summed E-state index contributed by atoms with van der Waals surface area (Å²) in [5, 5.41) is 3.72. The molecule has 0 spiro atoms. The molecule has 0 N–H and O–H groups in total. The highest BCUT2D eigenvalue weighted by Crippen LogP contribution is 2.30. The second-order valence-corrected chi connectivity index (χ2v) is 5.56. The van der Waals surface area contributed by atoms with Gasteiger partial charge >= 0.3 is 0 Å². The Kier molecular flexibility index (Phi) is 3.79. The second-order valence-electron chi connectivity index (χ2n) is 5.56. The van der Waals surface area contributed by atoms with E-state index in [1.165, 1.54) is 0 Å². The maximum absolute atomic E-state index is 11.8. The van der Waals surface area contributed by atoms with Crippen molar-refractivity contribution in [2.45, 2.75) is 33.3 Å². The summed E-state index contributed by atoms with van der Waals surface area (Å²) in [6.07, 6.45) is 0.679. The van der Waals surface area contributed by atoms with Gasteiger partial charge in [-0.15, -0.1) is 0 Å². The summed E-state index contributed by atoms with van der Waals surface area (Å²) < 4.78 is 0. The molecule has 1 aliphatic carbocycles. The zero-order valence-electron chi connectivity index (χ0n) is 11.2. The molecule has 0 radical (unpaired) electrons. The van der Waals surface area contributed by atoms with Crippen LogP contribution in [0, 0.1) is 5.41 Å². The molecule has 2 rings (SSSR count). The number of hydrogen-bond acceptors (Lipinski definition) is 4. The Bertz CT molecular complexity index is 495. The molecule has 4 heteroatoms. The molecule has 1 saturated carbocycles. The van der Waals surface area contributed by atoms with E-state index in [-0.39, 0.29) is 29.3 Å². The number of Topliss-reactive ketones (excluding diaryl/α,β-unsaturated/α-hetero) is 2. The number of benzene rings is 1. The Morgan fingerprint density at radius 2 is 1.68 bits per heavy atom. The van der Waals surface area contributed by atoms with E-state index in [0.29, 0.717) is 12.8 Å². The lowest BCUT2D eigenvalue weighted by atomic mass is 9.75. The van der Waals surface area contributed by atoms with Gasteiger partial charge in [-0.25, -0.2) is 0 Å². The van der Waals surface area contributed by atoms with Crippen LogP contribution in [0.1, 0.15) is 32.3 Å². The van der Waals surface area contributed by atoms with E-state index in [1.54, 1.807) is 0 Å². The van der Waals surface area contributed by atoms with Gasteiger partial charge in [0.15, 0.2) is 17.3 Å². The lowest BCUT2D eigenvalue weighted by Gasteiger charge is -2.27. The first-order chi connectivity index (χ1) is 8.98. The molecule has 0 saturated heterocycles. The highest BCUT2D eigenvalue weighted by atomic mass is 16.6. The first-order valence-corrected chi connectivity index (χ1v) is 6.28. The van der Waals surface area contributed by atoms with Crippen LogP contribution in [0.4, 0.5) is 0 Å². The fourth-order valence-corrected chi connectivity index (χ4v) is 2.10. The molecule has 1 fully saturated rings.